The number of carbonyl (C=O) groups is 1. The van der Waals surface area contributed by atoms with Gasteiger partial charge in [-0.25, -0.2) is 0 Å². The molecule has 0 aliphatic rings. The lowest BCUT2D eigenvalue weighted by Crippen LogP contribution is -2.34. The molecule has 1 atom stereocenters. The summed E-state index contributed by atoms with van der Waals surface area (Å²) in [6, 6.07) is 8.15. The second-order valence-electron chi connectivity index (χ2n) is 3.95. The molecule has 0 heterocycles. The van der Waals surface area contributed by atoms with Gasteiger partial charge in [0.15, 0.2) is 0 Å². The van der Waals surface area contributed by atoms with Crippen LogP contribution >= 0.6 is 11.8 Å². The molecule has 4 heteroatoms. The number of hydrogen-bond donors (Lipinski definition) is 1. The Labute approximate surface area is 107 Å². The monoisotopic (exact) mass is 253 g/mol. The lowest BCUT2D eigenvalue weighted by molar-refractivity contribution is -0.138. The predicted octanol–water partition coefficient (Wildman–Crippen LogP) is 2.14. The molecule has 1 N–H and O–H groups in total. The Balaban J connectivity index is 2.60. The van der Waals surface area contributed by atoms with E-state index in [1.54, 1.807) is 18.8 Å². The number of likely N-dealkylation sites (N-methyl/N-ethyl adjacent to an activating group) is 1. The van der Waals surface area contributed by atoms with Gasteiger partial charge in [0.05, 0.1) is 0 Å². The maximum atomic E-state index is 11.5. The Morgan fingerprint density at radius 3 is 2.47 bits per heavy atom. The van der Waals surface area contributed by atoms with Crippen LogP contribution in [0.2, 0.25) is 0 Å². The fourth-order valence-electron chi connectivity index (χ4n) is 1.53. The molecular formula is C13H19NO2S. The fourth-order valence-corrected chi connectivity index (χ4v) is 2.19. The lowest BCUT2D eigenvalue weighted by Gasteiger charge is -2.18. The zero-order valence-corrected chi connectivity index (χ0v) is 11.3. The van der Waals surface area contributed by atoms with E-state index in [1.807, 2.05) is 12.1 Å². The number of rotatable bonds is 5. The minimum atomic E-state index is -0.935. The van der Waals surface area contributed by atoms with Gasteiger partial charge in [-0.1, -0.05) is 19.1 Å². The normalized spacial score (nSPS) is 12.2. The molecule has 0 saturated carbocycles. The summed E-state index contributed by atoms with van der Waals surface area (Å²) in [7, 11) is 1.70. The summed E-state index contributed by atoms with van der Waals surface area (Å²) in [6.45, 7) is 4.13. The summed E-state index contributed by atoms with van der Waals surface area (Å²) in [5, 5.41) is 9.19. The van der Waals surface area contributed by atoms with E-state index in [-0.39, 0.29) is 5.91 Å². The standard InChI is InChI=1S/C13H19NO2S/c1-4-17-12-7-5-11(6-8-12)9-14(3)13(16)10(2)15/h5-8,10,15H,4,9H2,1-3H3. The Kier molecular flexibility index (Phi) is 5.51. The molecule has 0 saturated heterocycles. The van der Waals surface area contributed by atoms with E-state index in [0.717, 1.165) is 11.3 Å². The molecule has 1 amide bonds. The van der Waals surface area contributed by atoms with Crippen molar-refractivity contribution in [3.63, 3.8) is 0 Å². The third-order valence-electron chi connectivity index (χ3n) is 2.39. The van der Waals surface area contributed by atoms with E-state index < -0.39 is 6.10 Å². The van der Waals surface area contributed by atoms with Gasteiger partial charge < -0.3 is 10.0 Å². The smallest absolute Gasteiger partial charge is 0.251 e. The van der Waals surface area contributed by atoms with Crippen LogP contribution in [0.25, 0.3) is 0 Å². The Bertz CT molecular complexity index is 362. The highest BCUT2D eigenvalue weighted by Crippen LogP contribution is 2.18. The Hall–Kier alpha value is -1.00. The van der Waals surface area contributed by atoms with Gasteiger partial charge in [0.25, 0.3) is 5.91 Å². The number of nitrogens with zero attached hydrogens (tertiary/aromatic N) is 1. The van der Waals surface area contributed by atoms with Gasteiger partial charge in [-0.15, -0.1) is 11.8 Å². The molecule has 1 aromatic rings. The average molecular weight is 253 g/mol. The quantitative estimate of drug-likeness (QED) is 0.817. The molecule has 3 nitrogen and oxygen atoms in total. The second kappa shape index (κ2) is 6.67. The van der Waals surface area contributed by atoms with Gasteiger partial charge >= 0.3 is 0 Å². The van der Waals surface area contributed by atoms with E-state index in [2.05, 4.69) is 19.1 Å². The molecule has 0 fully saturated rings. The van der Waals surface area contributed by atoms with Crippen LogP contribution in [-0.2, 0) is 11.3 Å². The maximum absolute atomic E-state index is 11.5. The lowest BCUT2D eigenvalue weighted by atomic mass is 10.2. The first-order valence-electron chi connectivity index (χ1n) is 5.69. The first kappa shape index (κ1) is 14.1. The number of benzene rings is 1. The highest BCUT2D eigenvalue weighted by Gasteiger charge is 2.14. The van der Waals surface area contributed by atoms with Gasteiger partial charge in [-0.2, -0.15) is 0 Å². The molecule has 0 aliphatic carbocycles. The second-order valence-corrected chi connectivity index (χ2v) is 5.28. The first-order valence-corrected chi connectivity index (χ1v) is 6.68. The topological polar surface area (TPSA) is 40.5 Å². The van der Waals surface area contributed by atoms with Crippen molar-refractivity contribution >= 4 is 17.7 Å². The maximum Gasteiger partial charge on any atom is 0.251 e. The molecule has 0 spiro atoms. The van der Waals surface area contributed by atoms with Crippen molar-refractivity contribution in [1.82, 2.24) is 4.90 Å². The number of amides is 1. The number of thioether (sulfide) groups is 1. The first-order chi connectivity index (χ1) is 8.04. The van der Waals surface area contributed by atoms with Crippen molar-refractivity contribution in [2.24, 2.45) is 0 Å². The summed E-state index contributed by atoms with van der Waals surface area (Å²) in [6.07, 6.45) is -0.935. The third kappa shape index (κ3) is 4.40. The zero-order chi connectivity index (χ0) is 12.8. The van der Waals surface area contributed by atoms with E-state index >= 15 is 0 Å². The molecule has 1 aromatic carbocycles. The van der Waals surface area contributed by atoms with Crippen LogP contribution in [0.5, 0.6) is 0 Å². The molecule has 0 aliphatic heterocycles. The third-order valence-corrected chi connectivity index (χ3v) is 3.28. The van der Waals surface area contributed by atoms with Gasteiger partial charge in [-0.05, 0) is 30.4 Å². The van der Waals surface area contributed by atoms with Crippen LogP contribution < -0.4 is 0 Å². The van der Waals surface area contributed by atoms with Gasteiger partial charge in [0.2, 0.25) is 0 Å². The minimum Gasteiger partial charge on any atom is -0.384 e. The molecule has 17 heavy (non-hydrogen) atoms. The average Bonchev–Trinajstić information content (AvgIpc) is 2.30. The summed E-state index contributed by atoms with van der Waals surface area (Å²) in [4.78, 5) is 14.3. The van der Waals surface area contributed by atoms with Crippen molar-refractivity contribution in [3.05, 3.63) is 29.8 Å². The Morgan fingerprint density at radius 1 is 1.41 bits per heavy atom. The Morgan fingerprint density at radius 2 is 2.00 bits per heavy atom. The molecule has 0 aromatic heterocycles. The molecule has 94 valence electrons. The van der Waals surface area contributed by atoms with E-state index in [0.29, 0.717) is 6.54 Å². The number of aliphatic hydroxyl groups excluding tert-OH is 1. The zero-order valence-electron chi connectivity index (χ0n) is 10.5. The molecule has 0 radical (unpaired) electrons. The molecule has 1 unspecified atom stereocenters. The highest BCUT2D eigenvalue weighted by atomic mass is 32.2. The fraction of sp³-hybridized carbons (Fsp3) is 0.462. The van der Waals surface area contributed by atoms with Crippen molar-refractivity contribution in [1.29, 1.82) is 0 Å². The molecule has 0 bridgehead atoms. The van der Waals surface area contributed by atoms with Crippen molar-refractivity contribution in [3.8, 4) is 0 Å². The summed E-state index contributed by atoms with van der Waals surface area (Å²) in [5.74, 6) is 0.803. The predicted molar refractivity (Wildman–Crippen MR) is 71.0 cm³/mol. The van der Waals surface area contributed by atoms with Crippen LogP contribution in [0.3, 0.4) is 0 Å². The van der Waals surface area contributed by atoms with E-state index in [9.17, 15) is 9.90 Å². The van der Waals surface area contributed by atoms with Crippen molar-refractivity contribution in [2.45, 2.75) is 31.4 Å². The summed E-state index contributed by atoms with van der Waals surface area (Å²) < 4.78 is 0. The number of carbonyl (C=O) groups excluding carboxylic acids is 1. The van der Waals surface area contributed by atoms with Crippen LogP contribution in [0.1, 0.15) is 19.4 Å². The van der Waals surface area contributed by atoms with Crippen LogP contribution in [0.15, 0.2) is 29.2 Å². The number of hydrogen-bond acceptors (Lipinski definition) is 3. The molecule has 1 rings (SSSR count). The van der Waals surface area contributed by atoms with E-state index in [4.69, 9.17) is 0 Å². The SMILES string of the molecule is CCSc1ccc(CN(C)C(=O)C(C)O)cc1. The van der Waals surface area contributed by atoms with Gasteiger partial charge in [0.1, 0.15) is 6.10 Å². The van der Waals surface area contributed by atoms with E-state index in [1.165, 1.54) is 16.7 Å². The van der Waals surface area contributed by atoms with Crippen LogP contribution in [0, 0.1) is 0 Å². The minimum absolute atomic E-state index is 0.253. The van der Waals surface area contributed by atoms with Crippen molar-refractivity contribution < 1.29 is 9.90 Å². The number of aliphatic hydroxyl groups is 1. The van der Waals surface area contributed by atoms with Gasteiger partial charge in [-0.3, -0.25) is 4.79 Å². The summed E-state index contributed by atoms with van der Waals surface area (Å²) in [5.41, 5.74) is 1.07. The van der Waals surface area contributed by atoms with Crippen LogP contribution in [0.4, 0.5) is 0 Å². The highest BCUT2D eigenvalue weighted by molar-refractivity contribution is 7.99. The van der Waals surface area contributed by atoms with Crippen LogP contribution in [-0.4, -0.2) is 34.8 Å². The largest absolute Gasteiger partial charge is 0.384 e. The van der Waals surface area contributed by atoms with Gasteiger partial charge in [0, 0.05) is 18.5 Å². The summed E-state index contributed by atoms with van der Waals surface area (Å²) >= 11 is 1.79. The molecular weight excluding hydrogens is 234 g/mol. The van der Waals surface area contributed by atoms with Crippen molar-refractivity contribution in [2.75, 3.05) is 12.8 Å².